The van der Waals surface area contributed by atoms with E-state index in [1.54, 1.807) is 18.3 Å². The van der Waals surface area contributed by atoms with Crippen molar-refractivity contribution < 1.29 is 4.79 Å². The van der Waals surface area contributed by atoms with E-state index < -0.39 is 0 Å². The van der Waals surface area contributed by atoms with Gasteiger partial charge in [-0.1, -0.05) is 17.7 Å². The second-order valence-electron chi connectivity index (χ2n) is 5.12. The smallest absolute Gasteiger partial charge is 0.130 e. The average Bonchev–Trinajstić information content (AvgIpc) is 2.73. The first-order chi connectivity index (χ1) is 8.97. The van der Waals surface area contributed by atoms with Crippen molar-refractivity contribution in [2.45, 2.75) is 40.5 Å². The molecule has 0 aliphatic rings. The van der Waals surface area contributed by atoms with Crippen LogP contribution in [0.3, 0.4) is 0 Å². The monoisotopic (exact) mass is 273 g/mol. The van der Waals surface area contributed by atoms with E-state index in [9.17, 15) is 4.79 Å². The number of nitrogens with zero attached hydrogens (tertiary/aromatic N) is 1. The Kier molecular flexibility index (Phi) is 4.15. The second-order valence-corrected chi connectivity index (χ2v) is 5.98. The van der Waals surface area contributed by atoms with Crippen LogP contribution in [0, 0.1) is 20.8 Å². The number of ketones is 1. The number of hydrogen-bond acceptors (Lipinski definition) is 3. The summed E-state index contributed by atoms with van der Waals surface area (Å²) in [6.45, 7) is 8.00. The van der Waals surface area contributed by atoms with E-state index in [1.165, 1.54) is 22.3 Å². The largest absolute Gasteiger partial charge is 0.300 e. The normalized spacial score (nSPS) is 10.7. The van der Waals surface area contributed by atoms with Crippen LogP contribution in [0.5, 0.6) is 0 Å². The summed E-state index contributed by atoms with van der Waals surface area (Å²) in [5, 5.41) is 3.13. The standard InChI is InChI=1S/C16H19NOS/c1-10-7-11(2)15(12(3)8-10)16-17-14(9-19-16)6-5-13(4)18/h7-9H,5-6H2,1-4H3. The first kappa shape index (κ1) is 13.9. The van der Waals surface area contributed by atoms with Gasteiger partial charge < -0.3 is 4.79 Å². The molecule has 100 valence electrons. The van der Waals surface area contributed by atoms with Gasteiger partial charge in [0.05, 0.1) is 5.69 Å². The minimum absolute atomic E-state index is 0.220. The first-order valence-corrected chi connectivity index (χ1v) is 7.37. The zero-order valence-corrected chi connectivity index (χ0v) is 12.7. The van der Waals surface area contributed by atoms with E-state index >= 15 is 0 Å². The molecule has 0 amide bonds. The molecule has 0 radical (unpaired) electrons. The van der Waals surface area contributed by atoms with Gasteiger partial charge >= 0.3 is 0 Å². The fraction of sp³-hybridized carbons (Fsp3) is 0.375. The molecule has 2 aromatic rings. The van der Waals surface area contributed by atoms with Crippen molar-refractivity contribution in [1.29, 1.82) is 0 Å². The van der Waals surface area contributed by atoms with Crippen LogP contribution >= 0.6 is 11.3 Å². The zero-order chi connectivity index (χ0) is 14.0. The van der Waals surface area contributed by atoms with Crippen molar-refractivity contribution in [3.63, 3.8) is 0 Å². The molecule has 1 aromatic heterocycles. The van der Waals surface area contributed by atoms with Crippen LogP contribution in [0.1, 0.15) is 35.7 Å². The molecule has 0 saturated heterocycles. The molecule has 0 fully saturated rings. The van der Waals surface area contributed by atoms with Crippen LogP contribution in [-0.2, 0) is 11.2 Å². The van der Waals surface area contributed by atoms with E-state index in [2.05, 4.69) is 43.3 Å². The van der Waals surface area contributed by atoms with Gasteiger partial charge in [-0.25, -0.2) is 4.98 Å². The minimum atomic E-state index is 0.220. The Morgan fingerprint density at radius 3 is 2.42 bits per heavy atom. The Labute approximate surface area is 118 Å². The van der Waals surface area contributed by atoms with Crippen LogP contribution in [0.4, 0.5) is 0 Å². The Morgan fingerprint density at radius 1 is 1.21 bits per heavy atom. The topological polar surface area (TPSA) is 30.0 Å². The van der Waals surface area contributed by atoms with Crippen molar-refractivity contribution in [3.05, 3.63) is 39.9 Å². The highest BCUT2D eigenvalue weighted by molar-refractivity contribution is 7.13. The highest BCUT2D eigenvalue weighted by atomic mass is 32.1. The van der Waals surface area contributed by atoms with Gasteiger partial charge in [0.15, 0.2) is 0 Å². The Bertz CT molecular complexity index is 590. The number of thiazole rings is 1. The highest BCUT2D eigenvalue weighted by Gasteiger charge is 2.11. The molecule has 0 aliphatic heterocycles. The van der Waals surface area contributed by atoms with E-state index in [1.807, 2.05) is 0 Å². The second kappa shape index (κ2) is 5.66. The van der Waals surface area contributed by atoms with Crippen molar-refractivity contribution >= 4 is 17.1 Å². The molecule has 0 spiro atoms. The minimum Gasteiger partial charge on any atom is -0.300 e. The number of Topliss-reactive ketones (excluding diaryl/α,β-unsaturated/α-hetero) is 1. The Balaban J connectivity index is 2.30. The molecule has 2 rings (SSSR count). The van der Waals surface area contributed by atoms with Crippen LogP contribution in [0.25, 0.3) is 10.6 Å². The first-order valence-electron chi connectivity index (χ1n) is 6.49. The predicted molar refractivity (Wildman–Crippen MR) is 80.8 cm³/mol. The SMILES string of the molecule is CC(=O)CCc1csc(-c2c(C)cc(C)cc2C)n1. The Morgan fingerprint density at radius 2 is 1.84 bits per heavy atom. The predicted octanol–water partition coefficient (Wildman–Crippen LogP) is 4.26. The fourth-order valence-electron chi connectivity index (χ4n) is 2.36. The number of aromatic nitrogens is 1. The van der Waals surface area contributed by atoms with Gasteiger partial charge in [0.1, 0.15) is 10.8 Å². The molecule has 3 heteroatoms. The zero-order valence-electron chi connectivity index (χ0n) is 11.9. The summed E-state index contributed by atoms with van der Waals surface area (Å²) >= 11 is 1.67. The van der Waals surface area contributed by atoms with E-state index in [4.69, 9.17) is 0 Å². The molecule has 0 unspecified atom stereocenters. The lowest BCUT2D eigenvalue weighted by atomic mass is 10.0. The van der Waals surface area contributed by atoms with E-state index in [0.29, 0.717) is 6.42 Å². The molecule has 2 nitrogen and oxygen atoms in total. The van der Waals surface area contributed by atoms with Crippen molar-refractivity contribution in [2.75, 3.05) is 0 Å². The number of benzene rings is 1. The maximum Gasteiger partial charge on any atom is 0.130 e. The third-order valence-electron chi connectivity index (χ3n) is 3.18. The molecular formula is C16H19NOS. The van der Waals surface area contributed by atoms with Crippen LogP contribution in [-0.4, -0.2) is 10.8 Å². The number of hydrogen-bond donors (Lipinski definition) is 0. The van der Waals surface area contributed by atoms with E-state index in [-0.39, 0.29) is 5.78 Å². The number of carbonyl (C=O) groups is 1. The van der Waals surface area contributed by atoms with Crippen LogP contribution < -0.4 is 0 Å². The molecule has 0 atom stereocenters. The number of aryl methyl sites for hydroxylation is 4. The molecule has 1 aromatic carbocycles. The number of carbonyl (C=O) groups excluding carboxylic acids is 1. The quantitative estimate of drug-likeness (QED) is 0.833. The van der Waals surface area contributed by atoms with E-state index in [0.717, 1.165) is 17.1 Å². The summed E-state index contributed by atoms with van der Waals surface area (Å²) < 4.78 is 0. The van der Waals surface area contributed by atoms with Crippen LogP contribution in [0.2, 0.25) is 0 Å². The lowest BCUT2D eigenvalue weighted by Crippen LogP contribution is -1.95. The summed E-state index contributed by atoms with van der Waals surface area (Å²) in [5.41, 5.74) is 6.08. The van der Waals surface area contributed by atoms with Gasteiger partial charge in [0, 0.05) is 17.4 Å². The summed E-state index contributed by atoms with van der Waals surface area (Å²) in [7, 11) is 0. The number of rotatable bonds is 4. The van der Waals surface area contributed by atoms with Crippen molar-refractivity contribution in [3.8, 4) is 10.6 Å². The average molecular weight is 273 g/mol. The van der Waals surface area contributed by atoms with Gasteiger partial charge in [0.2, 0.25) is 0 Å². The molecular weight excluding hydrogens is 254 g/mol. The summed E-state index contributed by atoms with van der Waals surface area (Å²) in [6, 6.07) is 4.39. The summed E-state index contributed by atoms with van der Waals surface area (Å²) in [6.07, 6.45) is 1.32. The van der Waals surface area contributed by atoms with Gasteiger partial charge in [-0.2, -0.15) is 0 Å². The summed E-state index contributed by atoms with van der Waals surface area (Å²) in [5.74, 6) is 0.220. The fourth-order valence-corrected chi connectivity index (χ4v) is 3.39. The lowest BCUT2D eigenvalue weighted by molar-refractivity contribution is -0.116. The third-order valence-corrected chi connectivity index (χ3v) is 4.08. The lowest BCUT2D eigenvalue weighted by Gasteiger charge is -2.08. The maximum absolute atomic E-state index is 11.0. The van der Waals surface area contributed by atoms with Gasteiger partial charge in [-0.3, -0.25) is 0 Å². The van der Waals surface area contributed by atoms with Crippen molar-refractivity contribution in [1.82, 2.24) is 4.98 Å². The third kappa shape index (κ3) is 3.29. The van der Waals surface area contributed by atoms with Gasteiger partial charge in [0.25, 0.3) is 0 Å². The Hall–Kier alpha value is -1.48. The molecule has 0 aliphatic carbocycles. The van der Waals surface area contributed by atoms with Gasteiger partial charge in [-0.05, 0) is 45.2 Å². The molecule has 19 heavy (non-hydrogen) atoms. The molecule has 0 N–H and O–H groups in total. The van der Waals surface area contributed by atoms with Crippen LogP contribution in [0.15, 0.2) is 17.5 Å². The van der Waals surface area contributed by atoms with Gasteiger partial charge in [-0.15, -0.1) is 11.3 Å². The molecule has 1 heterocycles. The van der Waals surface area contributed by atoms with Crippen molar-refractivity contribution in [2.24, 2.45) is 0 Å². The summed E-state index contributed by atoms with van der Waals surface area (Å²) in [4.78, 5) is 15.7. The maximum atomic E-state index is 11.0. The molecule has 0 bridgehead atoms. The molecule has 0 saturated carbocycles. The highest BCUT2D eigenvalue weighted by Crippen LogP contribution is 2.31.